The highest BCUT2D eigenvalue weighted by Crippen LogP contribution is 2.34. The molecule has 1 atom stereocenters. The van der Waals surface area contributed by atoms with E-state index in [1.807, 2.05) is 0 Å². The molecule has 0 aliphatic carbocycles. The lowest BCUT2D eigenvalue weighted by Gasteiger charge is -2.33. The van der Waals surface area contributed by atoms with Gasteiger partial charge < -0.3 is 19.6 Å². The molecule has 5 rings (SSSR count). The van der Waals surface area contributed by atoms with E-state index in [2.05, 4.69) is 15.0 Å². The van der Waals surface area contributed by atoms with Crippen molar-refractivity contribution < 1.29 is 18.3 Å². The minimum absolute atomic E-state index is 0.0251. The van der Waals surface area contributed by atoms with Gasteiger partial charge in [-0.1, -0.05) is 0 Å². The molecule has 1 aliphatic heterocycles. The maximum atomic E-state index is 14.0. The average Bonchev–Trinajstić information content (AvgIpc) is 3.18. The molecular formula is C21H16F2N4O3. The highest BCUT2D eigenvalue weighted by molar-refractivity contribution is 5.98. The first-order valence-electron chi connectivity index (χ1n) is 9.25. The number of likely N-dealkylation sites (N-methyl/N-ethyl adjacent to an activating group) is 1. The number of H-pyrrole nitrogens is 2. The average molecular weight is 410 g/mol. The second kappa shape index (κ2) is 6.74. The number of benzene rings is 1. The van der Waals surface area contributed by atoms with E-state index in [1.165, 1.54) is 4.90 Å². The number of pyridine rings is 2. The first kappa shape index (κ1) is 18.4. The third-order valence-corrected chi connectivity index (χ3v) is 5.48. The van der Waals surface area contributed by atoms with Crippen molar-refractivity contribution >= 4 is 27.6 Å². The number of carbonyl (C=O) groups excluding carboxylic acids is 1. The quantitative estimate of drug-likeness (QED) is 0.532. The largest absolute Gasteiger partial charge is 0.373 e. The van der Waals surface area contributed by atoms with Crippen molar-refractivity contribution in [2.45, 2.75) is 12.6 Å². The van der Waals surface area contributed by atoms with Crippen LogP contribution in [0.25, 0.3) is 21.7 Å². The molecule has 0 radical (unpaired) electrons. The van der Waals surface area contributed by atoms with Gasteiger partial charge in [0, 0.05) is 29.9 Å². The number of carbonyl (C=O) groups is 1. The number of hydrogen-bond acceptors (Lipinski definition) is 4. The van der Waals surface area contributed by atoms with Crippen LogP contribution in [0.5, 0.6) is 0 Å². The van der Waals surface area contributed by atoms with Gasteiger partial charge in [0.25, 0.3) is 11.5 Å². The number of aromatic nitrogens is 3. The Morgan fingerprint density at radius 2 is 1.97 bits per heavy atom. The van der Waals surface area contributed by atoms with Crippen LogP contribution in [-0.4, -0.2) is 39.4 Å². The number of halogens is 2. The Kier molecular flexibility index (Phi) is 4.14. The molecule has 0 fully saturated rings. The fourth-order valence-corrected chi connectivity index (χ4v) is 3.97. The van der Waals surface area contributed by atoms with Gasteiger partial charge in [-0.2, -0.15) is 0 Å². The Morgan fingerprint density at radius 1 is 1.20 bits per heavy atom. The molecule has 4 aromatic rings. The molecule has 4 heterocycles. The minimum Gasteiger partial charge on any atom is -0.373 e. The molecule has 1 aromatic carbocycles. The molecule has 1 aliphatic rings. The van der Waals surface area contributed by atoms with Crippen LogP contribution in [0, 0.1) is 11.6 Å². The smallest absolute Gasteiger partial charge is 0.270 e. The second-order valence-electron chi connectivity index (χ2n) is 7.25. The molecule has 1 amide bonds. The third kappa shape index (κ3) is 2.78. The number of ether oxygens (including phenoxy) is 1. The Labute approximate surface area is 168 Å². The number of nitrogens with zero attached hydrogens (tertiary/aromatic N) is 2. The van der Waals surface area contributed by atoms with E-state index >= 15 is 0 Å². The van der Waals surface area contributed by atoms with E-state index in [0.29, 0.717) is 17.0 Å². The topological polar surface area (TPSA) is 91.1 Å². The predicted molar refractivity (Wildman–Crippen MR) is 105 cm³/mol. The SMILES string of the molecule is CN(C(=O)c1cc2ccncc2[nH]1)C1COCc2[nH]c(=O)c3cc(F)c(F)cc3c21. The Balaban J connectivity index is 1.63. The van der Waals surface area contributed by atoms with Gasteiger partial charge in [0.2, 0.25) is 0 Å². The molecule has 30 heavy (non-hydrogen) atoms. The van der Waals surface area contributed by atoms with Gasteiger partial charge in [-0.25, -0.2) is 8.78 Å². The molecule has 0 saturated heterocycles. The Morgan fingerprint density at radius 3 is 2.73 bits per heavy atom. The lowest BCUT2D eigenvalue weighted by Crippen LogP contribution is -2.37. The van der Waals surface area contributed by atoms with Gasteiger partial charge in [-0.3, -0.25) is 14.6 Å². The van der Waals surface area contributed by atoms with Gasteiger partial charge in [0.1, 0.15) is 5.69 Å². The minimum atomic E-state index is -1.10. The number of aromatic amines is 2. The van der Waals surface area contributed by atoms with Crippen LogP contribution in [0.15, 0.2) is 41.5 Å². The molecular weight excluding hydrogens is 394 g/mol. The summed E-state index contributed by atoms with van der Waals surface area (Å²) in [4.78, 5) is 36.7. The van der Waals surface area contributed by atoms with E-state index in [4.69, 9.17) is 4.74 Å². The monoisotopic (exact) mass is 410 g/mol. The summed E-state index contributed by atoms with van der Waals surface area (Å²) in [6, 6.07) is 4.79. The van der Waals surface area contributed by atoms with Crippen molar-refractivity contribution in [2.24, 2.45) is 0 Å². The zero-order valence-electron chi connectivity index (χ0n) is 15.8. The lowest BCUT2D eigenvalue weighted by atomic mass is 9.95. The van der Waals surface area contributed by atoms with Gasteiger partial charge >= 0.3 is 0 Å². The molecule has 3 aromatic heterocycles. The van der Waals surface area contributed by atoms with Crippen molar-refractivity contribution in [3.8, 4) is 0 Å². The van der Waals surface area contributed by atoms with Gasteiger partial charge in [0.05, 0.1) is 36.4 Å². The highest BCUT2D eigenvalue weighted by Gasteiger charge is 2.32. The second-order valence-corrected chi connectivity index (χ2v) is 7.25. The molecule has 2 N–H and O–H groups in total. The van der Waals surface area contributed by atoms with E-state index in [-0.39, 0.29) is 29.9 Å². The fraction of sp³-hybridized carbons (Fsp3) is 0.190. The maximum absolute atomic E-state index is 14.0. The molecule has 0 saturated carbocycles. The van der Waals surface area contributed by atoms with Crippen LogP contribution in [0.4, 0.5) is 8.78 Å². The normalized spacial score (nSPS) is 16.0. The number of amides is 1. The first-order chi connectivity index (χ1) is 14.4. The molecule has 9 heteroatoms. The zero-order valence-corrected chi connectivity index (χ0v) is 15.8. The molecule has 7 nitrogen and oxygen atoms in total. The van der Waals surface area contributed by atoms with Gasteiger partial charge in [-0.05, 0) is 29.7 Å². The Bertz CT molecular complexity index is 1350. The summed E-state index contributed by atoms with van der Waals surface area (Å²) in [5, 5.41) is 1.13. The van der Waals surface area contributed by atoms with Gasteiger partial charge in [0.15, 0.2) is 11.6 Å². The van der Waals surface area contributed by atoms with Crippen molar-refractivity contribution in [3.05, 3.63) is 75.6 Å². The van der Waals surface area contributed by atoms with Crippen molar-refractivity contribution in [2.75, 3.05) is 13.7 Å². The summed E-state index contributed by atoms with van der Waals surface area (Å²) < 4.78 is 33.3. The summed E-state index contributed by atoms with van der Waals surface area (Å²) in [5.74, 6) is -2.47. The van der Waals surface area contributed by atoms with Gasteiger partial charge in [-0.15, -0.1) is 0 Å². The van der Waals surface area contributed by atoms with Crippen molar-refractivity contribution in [1.29, 1.82) is 0 Å². The van der Waals surface area contributed by atoms with E-state index in [9.17, 15) is 18.4 Å². The van der Waals surface area contributed by atoms with Crippen molar-refractivity contribution in [1.82, 2.24) is 19.9 Å². The highest BCUT2D eigenvalue weighted by atomic mass is 19.2. The van der Waals surface area contributed by atoms with Crippen molar-refractivity contribution in [3.63, 3.8) is 0 Å². The molecule has 0 bridgehead atoms. The zero-order chi connectivity index (χ0) is 21.0. The van der Waals surface area contributed by atoms with E-state index < -0.39 is 23.2 Å². The first-order valence-corrected chi connectivity index (χ1v) is 9.25. The number of fused-ring (bicyclic) bond motifs is 4. The van der Waals surface area contributed by atoms with Crippen LogP contribution in [0.1, 0.15) is 27.8 Å². The van der Waals surface area contributed by atoms with Crippen LogP contribution in [0.2, 0.25) is 0 Å². The Hall–Kier alpha value is -3.59. The summed E-state index contributed by atoms with van der Waals surface area (Å²) in [6.07, 6.45) is 3.26. The summed E-state index contributed by atoms with van der Waals surface area (Å²) >= 11 is 0. The standard InChI is InChI=1S/C21H16F2N4O3/c1-27(21(29)15-4-10-2-3-24-7-16(10)25-15)18-9-30-8-17-19(18)11-5-13(22)14(23)6-12(11)20(28)26-17/h2-7,18,25H,8-9H2,1H3,(H,26,28). The number of hydrogen-bond donors (Lipinski definition) is 2. The lowest BCUT2D eigenvalue weighted by molar-refractivity contribution is 0.0333. The van der Waals surface area contributed by atoms with Crippen LogP contribution >= 0.6 is 0 Å². The van der Waals surface area contributed by atoms with Crippen LogP contribution in [0.3, 0.4) is 0 Å². The number of nitrogens with one attached hydrogen (secondary N) is 2. The maximum Gasteiger partial charge on any atom is 0.270 e. The third-order valence-electron chi connectivity index (χ3n) is 5.48. The van der Waals surface area contributed by atoms with E-state index in [1.54, 1.807) is 31.6 Å². The fourth-order valence-electron chi connectivity index (χ4n) is 3.97. The molecule has 152 valence electrons. The molecule has 1 unspecified atom stereocenters. The number of rotatable bonds is 2. The van der Waals surface area contributed by atoms with E-state index in [0.717, 1.165) is 23.0 Å². The molecule has 0 spiro atoms. The summed E-state index contributed by atoms with van der Waals surface area (Å²) in [6.45, 7) is 0.257. The summed E-state index contributed by atoms with van der Waals surface area (Å²) in [7, 11) is 1.60. The predicted octanol–water partition coefficient (Wildman–Crippen LogP) is 3.03. The van der Waals surface area contributed by atoms with Crippen LogP contribution < -0.4 is 5.56 Å². The van der Waals surface area contributed by atoms with Crippen LogP contribution in [-0.2, 0) is 11.3 Å². The summed E-state index contributed by atoms with van der Waals surface area (Å²) in [5.41, 5.74) is 1.53.